The molecular formula is C22H33NO6. The average molecular weight is 408 g/mol. The maximum absolute atomic E-state index is 13.1. The number of ether oxygens (including phenoxy) is 1. The SMILES string of the molecule is CC(C)C[C@@H](C(=O)O)C(CCCc1ccc(N)cc1)(C(=O)O)C(=O)OC(C)(C)C. The second-order valence-corrected chi connectivity index (χ2v) is 8.89. The molecule has 0 aliphatic heterocycles. The van der Waals surface area contributed by atoms with Gasteiger partial charge in [0.1, 0.15) is 5.60 Å². The number of esters is 1. The van der Waals surface area contributed by atoms with Crippen LogP contribution in [-0.4, -0.2) is 33.7 Å². The number of carboxylic acids is 2. The molecule has 0 saturated carbocycles. The van der Waals surface area contributed by atoms with Gasteiger partial charge < -0.3 is 20.7 Å². The summed E-state index contributed by atoms with van der Waals surface area (Å²) in [5.41, 5.74) is 4.13. The summed E-state index contributed by atoms with van der Waals surface area (Å²) in [5, 5.41) is 19.9. The van der Waals surface area contributed by atoms with Crippen LogP contribution in [0.2, 0.25) is 0 Å². The maximum Gasteiger partial charge on any atom is 0.324 e. The Bertz CT molecular complexity index is 720. The van der Waals surface area contributed by atoms with E-state index in [1.54, 1.807) is 46.8 Å². The van der Waals surface area contributed by atoms with E-state index < -0.39 is 34.8 Å². The van der Waals surface area contributed by atoms with Gasteiger partial charge in [0.05, 0.1) is 5.92 Å². The predicted octanol–water partition coefficient (Wildman–Crippen LogP) is 3.75. The van der Waals surface area contributed by atoms with E-state index in [1.807, 2.05) is 12.1 Å². The third-order valence-corrected chi connectivity index (χ3v) is 4.76. The molecule has 0 fully saturated rings. The Kier molecular flexibility index (Phi) is 8.24. The summed E-state index contributed by atoms with van der Waals surface area (Å²) in [7, 11) is 0. The van der Waals surface area contributed by atoms with Gasteiger partial charge in [0.25, 0.3) is 0 Å². The number of carbonyl (C=O) groups excluding carboxylic acids is 1. The number of hydrogen-bond donors (Lipinski definition) is 3. The van der Waals surface area contributed by atoms with Crippen molar-refractivity contribution in [2.24, 2.45) is 17.3 Å². The highest BCUT2D eigenvalue weighted by atomic mass is 16.6. The van der Waals surface area contributed by atoms with E-state index in [9.17, 15) is 24.6 Å². The van der Waals surface area contributed by atoms with Crippen molar-refractivity contribution in [3.05, 3.63) is 29.8 Å². The van der Waals surface area contributed by atoms with Gasteiger partial charge in [0, 0.05) is 5.69 Å². The lowest BCUT2D eigenvalue weighted by molar-refractivity contribution is -0.187. The van der Waals surface area contributed by atoms with Gasteiger partial charge in [-0.2, -0.15) is 0 Å². The molecular weight excluding hydrogens is 374 g/mol. The first-order valence-corrected chi connectivity index (χ1v) is 9.83. The summed E-state index contributed by atoms with van der Waals surface area (Å²) < 4.78 is 5.40. The number of nitrogens with two attached hydrogens (primary N) is 1. The second kappa shape index (κ2) is 9.76. The van der Waals surface area contributed by atoms with Crippen molar-refractivity contribution in [2.75, 3.05) is 5.73 Å². The number of nitrogen functional groups attached to an aromatic ring is 1. The predicted molar refractivity (Wildman–Crippen MR) is 110 cm³/mol. The number of aliphatic carboxylic acids is 2. The topological polar surface area (TPSA) is 127 Å². The highest BCUT2D eigenvalue weighted by Gasteiger charge is 2.57. The van der Waals surface area contributed by atoms with Crippen molar-refractivity contribution in [3.8, 4) is 0 Å². The first-order valence-electron chi connectivity index (χ1n) is 9.83. The van der Waals surface area contributed by atoms with Gasteiger partial charge >= 0.3 is 17.9 Å². The fraction of sp³-hybridized carbons (Fsp3) is 0.591. The zero-order chi connectivity index (χ0) is 22.4. The first kappa shape index (κ1) is 24.5. The summed E-state index contributed by atoms with van der Waals surface area (Å²) in [5.74, 6) is -5.25. The third-order valence-electron chi connectivity index (χ3n) is 4.76. The molecule has 1 rings (SSSR count). The Labute approximate surface area is 172 Å². The monoisotopic (exact) mass is 407 g/mol. The molecule has 7 heteroatoms. The van der Waals surface area contributed by atoms with Crippen LogP contribution in [0.4, 0.5) is 5.69 Å². The number of anilines is 1. The minimum atomic E-state index is -2.16. The number of rotatable bonds is 10. The molecule has 162 valence electrons. The van der Waals surface area contributed by atoms with Crippen LogP contribution in [0.3, 0.4) is 0 Å². The fourth-order valence-corrected chi connectivity index (χ4v) is 3.37. The van der Waals surface area contributed by atoms with Gasteiger partial charge in [0.2, 0.25) is 0 Å². The molecule has 0 heterocycles. The number of carboxylic acid groups (broad SMARTS) is 2. The normalized spacial score (nSPS) is 14.8. The Morgan fingerprint density at radius 2 is 1.62 bits per heavy atom. The van der Waals surface area contributed by atoms with Crippen LogP contribution in [0.1, 0.15) is 59.4 Å². The molecule has 29 heavy (non-hydrogen) atoms. The van der Waals surface area contributed by atoms with E-state index in [2.05, 4.69) is 0 Å². The highest BCUT2D eigenvalue weighted by Crippen LogP contribution is 2.40. The van der Waals surface area contributed by atoms with Gasteiger partial charge in [-0.25, -0.2) is 0 Å². The quantitative estimate of drug-likeness (QED) is 0.306. The molecule has 1 aromatic carbocycles. The van der Waals surface area contributed by atoms with Crippen LogP contribution >= 0.6 is 0 Å². The Morgan fingerprint density at radius 1 is 1.07 bits per heavy atom. The summed E-state index contributed by atoms with van der Waals surface area (Å²) in [4.78, 5) is 37.5. The molecule has 4 N–H and O–H groups in total. The van der Waals surface area contributed by atoms with Gasteiger partial charge in [-0.15, -0.1) is 0 Å². The van der Waals surface area contributed by atoms with Crippen LogP contribution in [-0.2, 0) is 25.5 Å². The molecule has 0 saturated heterocycles. The van der Waals surface area contributed by atoms with Gasteiger partial charge in [-0.1, -0.05) is 26.0 Å². The van der Waals surface area contributed by atoms with Gasteiger partial charge in [-0.05, 0) is 70.1 Å². The van der Waals surface area contributed by atoms with Crippen LogP contribution < -0.4 is 5.73 Å². The molecule has 0 radical (unpaired) electrons. The Hall–Kier alpha value is -2.57. The highest BCUT2D eigenvalue weighted by molar-refractivity contribution is 6.03. The van der Waals surface area contributed by atoms with Crippen LogP contribution in [0, 0.1) is 17.3 Å². The molecule has 0 amide bonds. The van der Waals surface area contributed by atoms with Crippen LogP contribution in [0.5, 0.6) is 0 Å². The molecule has 0 aromatic heterocycles. The molecule has 0 bridgehead atoms. The van der Waals surface area contributed by atoms with Crippen molar-refractivity contribution in [2.45, 2.75) is 65.9 Å². The molecule has 0 aliphatic carbocycles. The van der Waals surface area contributed by atoms with Crippen molar-refractivity contribution in [1.29, 1.82) is 0 Å². The number of hydrogen-bond acceptors (Lipinski definition) is 5. The standard InChI is InChI=1S/C22H33NO6/c1-14(2)13-17(18(24)25)22(19(26)27,20(28)29-21(3,4)5)12-6-7-15-8-10-16(23)11-9-15/h8-11,14,17H,6-7,12-13,23H2,1-5H3,(H,24,25)(H,26,27)/t17-,22?/m0/s1. The number of aryl methyl sites for hydroxylation is 1. The molecule has 2 atom stereocenters. The van der Waals surface area contributed by atoms with E-state index in [4.69, 9.17) is 10.5 Å². The first-order chi connectivity index (χ1) is 13.3. The summed E-state index contributed by atoms with van der Waals surface area (Å²) in [6, 6.07) is 7.14. The molecule has 1 aromatic rings. The average Bonchev–Trinajstić information content (AvgIpc) is 2.56. The fourth-order valence-electron chi connectivity index (χ4n) is 3.37. The number of carbonyl (C=O) groups is 3. The molecule has 7 nitrogen and oxygen atoms in total. The lowest BCUT2D eigenvalue weighted by atomic mass is 9.68. The minimum absolute atomic E-state index is 0.0583. The second-order valence-electron chi connectivity index (χ2n) is 8.89. The molecule has 0 spiro atoms. The van der Waals surface area contributed by atoms with Gasteiger partial charge in [0.15, 0.2) is 5.41 Å². The van der Waals surface area contributed by atoms with E-state index in [0.717, 1.165) is 5.56 Å². The van der Waals surface area contributed by atoms with E-state index in [0.29, 0.717) is 18.5 Å². The third kappa shape index (κ3) is 6.76. The lowest BCUT2D eigenvalue weighted by Crippen LogP contribution is -2.51. The molecule has 0 aliphatic rings. The Balaban J connectivity index is 3.27. The van der Waals surface area contributed by atoms with Crippen molar-refractivity contribution >= 4 is 23.6 Å². The van der Waals surface area contributed by atoms with Crippen molar-refractivity contribution < 1.29 is 29.3 Å². The zero-order valence-corrected chi connectivity index (χ0v) is 17.9. The van der Waals surface area contributed by atoms with Crippen molar-refractivity contribution in [3.63, 3.8) is 0 Å². The van der Waals surface area contributed by atoms with E-state index in [1.165, 1.54) is 0 Å². The Morgan fingerprint density at radius 3 is 2.03 bits per heavy atom. The largest absolute Gasteiger partial charge is 0.481 e. The summed E-state index contributed by atoms with van der Waals surface area (Å²) >= 11 is 0. The maximum atomic E-state index is 13.1. The van der Waals surface area contributed by atoms with E-state index in [-0.39, 0.29) is 18.8 Å². The number of benzene rings is 1. The minimum Gasteiger partial charge on any atom is -0.481 e. The smallest absolute Gasteiger partial charge is 0.324 e. The van der Waals surface area contributed by atoms with Crippen LogP contribution in [0.25, 0.3) is 0 Å². The summed E-state index contributed by atoms with van der Waals surface area (Å²) in [6.07, 6.45) is 0.734. The zero-order valence-electron chi connectivity index (χ0n) is 17.9. The van der Waals surface area contributed by atoms with Gasteiger partial charge in [-0.3, -0.25) is 14.4 Å². The lowest BCUT2D eigenvalue weighted by Gasteiger charge is -2.36. The summed E-state index contributed by atoms with van der Waals surface area (Å²) in [6.45, 7) is 8.48. The molecule has 1 unspecified atom stereocenters. The van der Waals surface area contributed by atoms with E-state index >= 15 is 0 Å². The van der Waals surface area contributed by atoms with Crippen LogP contribution in [0.15, 0.2) is 24.3 Å². The van der Waals surface area contributed by atoms with Crippen molar-refractivity contribution in [1.82, 2.24) is 0 Å².